The number of aliphatic hydroxyl groups is 1. The van der Waals surface area contributed by atoms with Crippen molar-refractivity contribution in [2.24, 2.45) is 0 Å². The first-order valence-electron chi connectivity index (χ1n) is 5.09. The second kappa shape index (κ2) is 4.80. The Morgan fingerprint density at radius 2 is 1.87 bits per heavy atom. The highest BCUT2D eigenvalue weighted by Crippen LogP contribution is 2.13. The van der Waals surface area contributed by atoms with Gasteiger partial charge < -0.3 is 9.52 Å². The maximum atomic E-state index is 8.78. The van der Waals surface area contributed by atoms with Crippen LogP contribution >= 0.6 is 0 Å². The third-order valence-electron chi connectivity index (χ3n) is 2.33. The van der Waals surface area contributed by atoms with E-state index in [0.29, 0.717) is 6.42 Å². The number of hydrogen-bond donors (Lipinski definition) is 1. The van der Waals surface area contributed by atoms with Crippen molar-refractivity contribution in [1.29, 1.82) is 0 Å². The number of hydrogen-bond acceptors (Lipinski definition) is 2. The van der Waals surface area contributed by atoms with E-state index in [9.17, 15) is 0 Å². The highest BCUT2D eigenvalue weighted by atomic mass is 16.3. The minimum atomic E-state index is 0.171. The molecular weight excluding hydrogens is 188 g/mol. The zero-order valence-corrected chi connectivity index (χ0v) is 8.52. The number of rotatable bonds is 4. The standard InChI is InChI=1S/C13H14O2/c14-7-6-12-9-13(15-10-12)8-11-4-2-1-3-5-11/h1-5,9-10,14H,6-8H2. The average Bonchev–Trinajstić information content (AvgIpc) is 2.68. The molecule has 2 rings (SSSR count). The lowest BCUT2D eigenvalue weighted by Crippen LogP contribution is -1.87. The summed E-state index contributed by atoms with van der Waals surface area (Å²) >= 11 is 0. The lowest BCUT2D eigenvalue weighted by Gasteiger charge is -1.96. The van der Waals surface area contributed by atoms with Crippen LogP contribution in [0.5, 0.6) is 0 Å². The molecule has 0 atom stereocenters. The number of furan rings is 1. The maximum absolute atomic E-state index is 8.78. The Bertz CT molecular complexity index is 403. The van der Waals surface area contributed by atoms with Crippen LogP contribution < -0.4 is 0 Å². The van der Waals surface area contributed by atoms with Gasteiger partial charge in [0.15, 0.2) is 0 Å². The third kappa shape index (κ3) is 2.70. The van der Waals surface area contributed by atoms with Crippen LogP contribution in [0.15, 0.2) is 47.1 Å². The van der Waals surface area contributed by atoms with Crippen molar-refractivity contribution in [3.05, 3.63) is 59.5 Å². The smallest absolute Gasteiger partial charge is 0.108 e. The van der Waals surface area contributed by atoms with Gasteiger partial charge in [0.2, 0.25) is 0 Å². The van der Waals surface area contributed by atoms with Gasteiger partial charge in [0.1, 0.15) is 5.76 Å². The molecule has 1 heterocycles. The van der Waals surface area contributed by atoms with Gasteiger partial charge in [-0.05, 0) is 23.6 Å². The molecule has 1 N–H and O–H groups in total. The van der Waals surface area contributed by atoms with Gasteiger partial charge in [0.05, 0.1) is 6.26 Å². The van der Waals surface area contributed by atoms with E-state index in [-0.39, 0.29) is 6.61 Å². The molecule has 0 bridgehead atoms. The normalized spacial score (nSPS) is 10.5. The summed E-state index contributed by atoms with van der Waals surface area (Å²) in [7, 11) is 0. The molecule has 15 heavy (non-hydrogen) atoms. The summed E-state index contributed by atoms with van der Waals surface area (Å²) in [5.41, 5.74) is 2.30. The fourth-order valence-electron chi connectivity index (χ4n) is 1.58. The molecular formula is C13H14O2. The molecule has 0 aliphatic rings. The molecule has 78 valence electrons. The van der Waals surface area contributed by atoms with Crippen molar-refractivity contribution in [1.82, 2.24) is 0 Å². The van der Waals surface area contributed by atoms with Gasteiger partial charge in [-0.3, -0.25) is 0 Å². The molecule has 0 fully saturated rings. The van der Waals surface area contributed by atoms with Gasteiger partial charge in [-0.25, -0.2) is 0 Å². The van der Waals surface area contributed by atoms with E-state index in [1.807, 2.05) is 24.3 Å². The molecule has 2 aromatic rings. The molecule has 0 aliphatic carbocycles. The maximum Gasteiger partial charge on any atom is 0.108 e. The van der Waals surface area contributed by atoms with E-state index in [2.05, 4.69) is 12.1 Å². The Morgan fingerprint density at radius 3 is 2.60 bits per heavy atom. The van der Waals surface area contributed by atoms with Gasteiger partial charge in [0.25, 0.3) is 0 Å². The summed E-state index contributed by atoms with van der Waals surface area (Å²) in [4.78, 5) is 0. The van der Waals surface area contributed by atoms with E-state index in [4.69, 9.17) is 9.52 Å². The fraction of sp³-hybridized carbons (Fsp3) is 0.231. The molecule has 1 aromatic carbocycles. The van der Waals surface area contributed by atoms with E-state index >= 15 is 0 Å². The van der Waals surface area contributed by atoms with Crippen molar-refractivity contribution >= 4 is 0 Å². The molecule has 0 spiro atoms. The van der Waals surface area contributed by atoms with Crippen LogP contribution in [0.1, 0.15) is 16.9 Å². The fourth-order valence-corrected chi connectivity index (χ4v) is 1.58. The molecule has 0 saturated carbocycles. The molecule has 0 saturated heterocycles. The highest BCUT2D eigenvalue weighted by Gasteiger charge is 2.02. The highest BCUT2D eigenvalue weighted by molar-refractivity contribution is 5.22. The third-order valence-corrected chi connectivity index (χ3v) is 2.33. The quantitative estimate of drug-likeness (QED) is 0.825. The lowest BCUT2D eigenvalue weighted by atomic mass is 10.1. The Kier molecular flexibility index (Phi) is 3.20. The summed E-state index contributed by atoms with van der Waals surface area (Å²) in [5, 5.41) is 8.78. The summed E-state index contributed by atoms with van der Waals surface area (Å²) in [5.74, 6) is 0.949. The van der Waals surface area contributed by atoms with Crippen molar-refractivity contribution in [2.75, 3.05) is 6.61 Å². The Hall–Kier alpha value is -1.54. The van der Waals surface area contributed by atoms with Gasteiger partial charge >= 0.3 is 0 Å². The van der Waals surface area contributed by atoms with E-state index in [1.54, 1.807) is 6.26 Å². The van der Waals surface area contributed by atoms with Crippen molar-refractivity contribution in [3.63, 3.8) is 0 Å². The summed E-state index contributed by atoms with van der Waals surface area (Å²) < 4.78 is 5.41. The van der Waals surface area contributed by atoms with Crippen LogP contribution in [0, 0.1) is 0 Å². The minimum absolute atomic E-state index is 0.171. The first kappa shape index (κ1) is 9.99. The Morgan fingerprint density at radius 1 is 1.07 bits per heavy atom. The Balaban J connectivity index is 2.05. The summed E-state index contributed by atoms with van der Waals surface area (Å²) in [6, 6.07) is 12.2. The van der Waals surface area contributed by atoms with Gasteiger partial charge in [-0.2, -0.15) is 0 Å². The van der Waals surface area contributed by atoms with Crippen LogP contribution in [-0.4, -0.2) is 11.7 Å². The largest absolute Gasteiger partial charge is 0.469 e. The number of benzene rings is 1. The molecule has 0 aliphatic heterocycles. The average molecular weight is 202 g/mol. The SMILES string of the molecule is OCCc1coc(Cc2ccccc2)c1. The van der Waals surface area contributed by atoms with Crippen LogP contribution in [0.4, 0.5) is 0 Å². The van der Waals surface area contributed by atoms with Crippen molar-refractivity contribution in [2.45, 2.75) is 12.8 Å². The van der Waals surface area contributed by atoms with E-state index < -0.39 is 0 Å². The molecule has 0 radical (unpaired) electrons. The molecule has 2 nitrogen and oxygen atoms in total. The zero-order chi connectivity index (χ0) is 10.5. The van der Waals surface area contributed by atoms with E-state index in [1.165, 1.54) is 5.56 Å². The molecule has 0 unspecified atom stereocenters. The lowest BCUT2D eigenvalue weighted by molar-refractivity contribution is 0.299. The molecule has 2 heteroatoms. The van der Waals surface area contributed by atoms with Crippen LogP contribution in [0.25, 0.3) is 0 Å². The summed E-state index contributed by atoms with van der Waals surface area (Å²) in [6.45, 7) is 0.171. The predicted octanol–water partition coefficient (Wildman–Crippen LogP) is 2.41. The first-order chi connectivity index (χ1) is 7.38. The molecule has 1 aromatic heterocycles. The van der Waals surface area contributed by atoms with E-state index in [0.717, 1.165) is 17.7 Å². The summed E-state index contributed by atoms with van der Waals surface area (Å²) in [6.07, 6.45) is 3.19. The second-order valence-electron chi connectivity index (χ2n) is 3.56. The van der Waals surface area contributed by atoms with Crippen LogP contribution in [0.2, 0.25) is 0 Å². The topological polar surface area (TPSA) is 33.4 Å². The first-order valence-corrected chi connectivity index (χ1v) is 5.09. The van der Waals surface area contributed by atoms with Gasteiger partial charge in [-0.1, -0.05) is 30.3 Å². The van der Waals surface area contributed by atoms with Crippen LogP contribution in [-0.2, 0) is 12.8 Å². The molecule has 0 amide bonds. The second-order valence-corrected chi connectivity index (χ2v) is 3.56. The van der Waals surface area contributed by atoms with Crippen molar-refractivity contribution in [3.8, 4) is 0 Å². The van der Waals surface area contributed by atoms with Gasteiger partial charge in [0, 0.05) is 13.0 Å². The monoisotopic (exact) mass is 202 g/mol. The van der Waals surface area contributed by atoms with Crippen LogP contribution in [0.3, 0.4) is 0 Å². The zero-order valence-electron chi connectivity index (χ0n) is 8.52. The number of aliphatic hydroxyl groups excluding tert-OH is 1. The Labute approximate surface area is 89.2 Å². The van der Waals surface area contributed by atoms with Crippen molar-refractivity contribution < 1.29 is 9.52 Å². The van der Waals surface area contributed by atoms with Gasteiger partial charge in [-0.15, -0.1) is 0 Å². The minimum Gasteiger partial charge on any atom is -0.469 e. The predicted molar refractivity (Wildman–Crippen MR) is 58.7 cm³/mol.